The first-order valence-corrected chi connectivity index (χ1v) is 7.80. The molecule has 1 aliphatic rings. The fourth-order valence-electron chi connectivity index (χ4n) is 3.12. The molecule has 0 aromatic carbocycles. The van der Waals surface area contributed by atoms with E-state index in [2.05, 4.69) is 26.8 Å². The Bertz CT molecular complexity index is 326. The molecule has 0 spiro atoms. The third kappa shape index (κ3) is 3.96. The van der Waals surface area contributed by atoms with E-state index in [1.807, 2.05) is 4.90 Å². The quantitative estimate of drug-likeness (QED) is 0.759. The first-order chi connectivity index (χ1) is 9.09. The number of rotatable bonds is 5. The Labute approximate surface area is 118 Å². The summed E-state index contributed by atoms with van der Waals surface area (Å²) >= 11 is 0. The van der Waals surface area contributed by atoms with Crippen molar-refractivity contribution in [2.75, 3.05) is 13.1 Å². The van der Waals surface area contributed by atoms with Gasteiger partial charge >= 0.3 is 0 Å². The van der Waals surface area contributed by atoms with Gasteiger partial charge in [-0.3, -0.25) is 4.79 Å². The number of hydrogen-bond acceptors (Lipinski definition) is 2. The van der Waals surface area contributed by atoms with Crippen molar-refractivity contribution in [1.29, 1.82) is 5.26 Å². The van der Waals surface area contributed by atoms with Gasteiger partial charge in [-0.25, -0.2) is 0 Å². The molecule has 1 rings (SSSR count). The predicted octanol–water partition coefficient (Wildman–Crippen LogP) is 3.75. The molecule has 0 saturated carbocycles. The van der Waals surface area contributed by atoms with Crippen molar-refractivity contribution in [3.05, 3.63) is 0 Å². The largest absolute Gasteiger partial charge is 0.341 e. The topological polar surface area (TPSA) is 44.1 Å². The van der Waals surface area contributed by atoms with Crippen LogP contribution >= 0.6 is 0 Å². The van der Waals surface area contributed by atoms with Crippen LogP contribution in [-0.4, -0.2) is 23.9 Å². The lowest BCUT2D eigenvalue weighted by Crippen LogP contribution is -2.44. The van der Waals surface area contributed by atoms with Crippen molar-refractivity contribution < 1.29 is 4.79 Å². The van der Waals surface area contributed by atoms with Gasteiger partial charge in [-0.2, -0.15) is 5.26 Å². The number of carbonyl (C=O) groups is 1. The summed E-state index contributed by atoms with van der Waals surface area (Å²) < 4.78 is 0. The molecule has 19 heavy (non-hydrogen) atoms. The Hall–Kier alpha value is -1.04. The van der Waals surface area contributed by atoms with E-state index in [0.717, 1.165) is 38.8 Å². The van der Waals surface area contributed by atoms with Crippen LogP contribution in [0.1, 0.15) is 65.7 Å². The summed E-state index contributed by atoms with van der Waals surface area (Å²) in [5, 5.41) is 9.56. The maximum absolute atomic E-state index is 12.8. The summed E-state index contributed by atoms with van der Waals surface area (Å²) in [6.45, 7) is 8.03. The van der Waals surface area contributed by atoms with Crippen molar-refractivity contribution in [1.82, 2.24) is 4.90 Å². The molecule has 0 radical (unpaired) electrons. The summed E-state index contributed by atoms with van der Waals surface area (Å²) in [7, 11) is 0. The predicted molar refractivity (Wildman–Crippen MR) is 77.5 cm³/mol. The van der Waals surface area contributed by atoms with Gasteiger partial charge in [0.2, 0.25) is 5.91 Å². The zero-order valence-electron chi connectivity index (χ0n) is 12.7. The second-order valence-electron chi connectivity index (χ2n) is 6.02. The standard InChI is InChI=1S/C16H28N2O/c1-4-9-16(13-17,10-5-2)15(19)18-11-6-7-14(3)8-12-18/h14H,4-12H2,1-3H3. The van der Waals surface area contributed by atoms with Gasteiger partial charge in [0.25, 0.3) is 0 Å². The molecule has 3 nitrogen and oxygen atoms in total. The summed E-state index contributed by atoms with van der Waals surface area (Å²) in [5.74, 6) is 0.791. The second kappa shape index (κ2) is 7.53. The number of amides is 1. The van der Waals surface area contributed by atoms with Gasteiger partial charge in [0.05, 0.1) is 6.07 Å². The zero-order valence-corrected chi connectivity index (χ0v) is 12.7. The number of likely N-dealkylation sites (tertiary alicyclic amines) is 1. The molecule has 3 heteroatoms. The first-order valence-electron chi connectivity index (χ1n) is 7.80. The molecule has 0 aromatic rings. The van der Waals surface area contributed by atoms with Crippen molar-refractivity contribution in [2.24, 2.45) is 11.3 Å². The summed E-state index contributed by atoms with van der Waals surface area (Å²) in [6.07, 6.45) is 6.53. The van der Waals surface area contributed by atoms with E-state index < -0.39 is 5.41 Å². The van der Waals surface area contributed by atoms with Crippen molar-refractivity contribution in [2.45, 2.75) is 65.7 Å². The SMILES string of the molecule is CCCC(C#N)(CCC)C(=O)N1CCCC(C)CC1. The summed E-state index contributed by atoms with van der Waals surface area (Å²) in [6, 6.07) is 2.35. The Kier molecular flexibility index (Phi) is 6.34. The van der Waals surface area contributed by atoms with E-state index in [0.29, 0.717) is 18.8 Å². The lowest BCUT2D eigenvalue weighted by molar-refractivity contribution is -0.139. The van der Waals surface area contributed by atoms with Gasteiger partial charge in [-0.1, -0.05) is 33.6 Å². The minimum Gasteiger partial charge on any atom is -0.341 e. The average Bonchev–Trinajstić information content (AvgIpc) is 2.62. The monoisotopic (exact) mass is 264 g/mol. The molecule has 0 N–H and O–H groups in total. The Balaban J connectivity index is 2.83. The van der Waals surface area contributed by atoms with Gasteiger partial charge in [0, 0.05) is 13.1 Å². The van der Waals surface area contributed by atoms with Crippen LogP contribution in [-0.2, 0) is 4.79 Å². The summed E-state index contributed by atoms with van der Waals surface area (Å²) in [5.41, 5.74) is -0.767. The first kappa shape index (κ1) is 16.0. The summed E-state index contributed by atoms with van der Waals surface area (Å²) in [4.78, 5) is 14.8. The second-order valence-corrected chi connectivity index (χ2v) is 6.02. The third-order valence-corrected chi connectivity index (χ3v) is 4.28. The van der Waals surface area contributed by atoms with Crippen LogP contribution in [0.5, 0.6) is 0 Å². The average molecular weight is 264 g/mol. The zero-order chi connectivity index (χ0) is 14.3. The molecule has 0 bridgehead atoms. The van der Waals surface area contributed by atoms with E-state index in [1.54, 1.807) is 0 Å². The molecule has 1 aliphatic heterocycles. The highest BCUT2D eigenvalue weighted by Gasteiger charge is 2.40. The maximum Gasteiger partial charge on any atom is 0.243 e. The lowest BCUT2D eigenvalue weighted by atomic mass is 9.79. The van der Waals surface area contributed by atoms with Crippen LogP contribution in [0.4, 0.5) is 0 Å². The molecule has 0 aromatic heterocycles. The van der Waals surface area contributed by atoms with Crippen molar-refractivity contribution >= 4 is 5.91 Å². The fourth-order valence-corrected chi connectivity index (χ4v) is 3.12. The Morgan fingerprint density at radius 1 is 1.26 bits per heavy atom. The molecule has 1 saturated heterocycles. The van der Waals surface area contributed by atoms with Crippen LogP contribution in [0.25, 0.3) is 0 Å². The van der Waals surface area contributed by atoms with Crippen LogP contribution in [0.3, 0.4) is 0 Å². The highest BCUT2D eigenvalue weighted by atomic mass is 16.2. The minimum absolute atomic E-state index is 0.0906. The van der Waals surface area contributed by atoms with Gasteiger partial charge in [-0.15, -0.1) is 0 Å². The molecule has 1 unspecified atom stereocenters. The lowest BCUT2D eigenvalue weighted by Gasteiger charge is -2.31. The Morgan fingerprint density at radius 2 is 1.89 bits per heavy atom. The molecule has 1 atom stereocenters. The van der Waals surface area contributed by atoms with E-state index in [-0.39, 0.29) is 5.91 Å². The minimum atomic E-state index is -0.767. The van der Waals surface area contributed by atoms with Gasteiger partial charge in [0.15, 0.2) is 0 Å². The molecule has 1 amide bonds. The fraction of sp³-hybridized carbons (Fsp3) is 0.875. The van der Waals surface area contributed by atoms with Gasteiger partial charge in [0.1, 0.15) is 5.41 Å². The van der Waals surface area contributed by atoms with Crippen molar-refractivity contribution in [3.8, 4) is 6.07 Å². The van der Waals surface area contributed by atoms with Crippen LogP contribution in [0.15, 0.2) is 0 Å². The normalized spacial score (nSPS) is 20.7. The third-order valence-electron chi connectivity index (χ3n) is 4.28. The maximum atomic E-state index is 12.8. The van der Waals surface area contributed by atoms with Crippen LogP contribution in [0, 0.1) is 22.7 Å². The van der Waals surface area contributed by atoms with E-state index in [9.17, 15) is 10.1 Å². The number of nitrogens with zero attached hydrogens (tertiary/aromatic N) is 2. The molecule has 1 heterocycles. The molecular weight excluding hydrogens is 236 g/mol. The number of carbonyl (C=O) groups excluding carboxylic acids is 1. The smallest absolute Gasteiger partial charge is 0.243 e. The Morgan fingerprint density at radius 3 is 2.42 bits per heavy atom. The van der Waals surface area contributed by atoms with Crippen molar-refractivity contribution in [3.63, 3.8) is 0 Å². The van der Waals surface area contributed by atoms with E-state index >= 15 is 0 Å². The molecular formula is C16H28N2O. The number of nitriles is 1. The van der Waals surface area contributed by atoms with E-state index in [4.69, 9.17) is 0 Å². The van der Waals surface area contributed by atoms with Crippen LogP contribution in [0.2, 0.25) is 0 Å². The van der Waals surface area contributed by atoms with Gasteiger partial charge in [-0.05, 0) is 38.0 Å². The molecule has 108 valence electrons. The van der Waals surface area contributed by atoms with Crippen LogP contribution < -0.4 is 0 Å². The molecule has 1 fully saturated rings. The highest BCUT2D eigenvalue weighted by Crippen LogP contribution is 2.32. The highest BCUT2D eigenvalue weighted by molar-refractivity contribution is 5.85. The molecule has 0 aliphatic carbocycles. The number of hydrogen-bond donors (Lipinski definition) is 0. The van der Waals surface area contributed by atoms with Gasteiger partial charge < -0.3 is 4.90 Å². The van der Waals surface area contributed by atoms with E-state index in [1.165, 1.54) is 6.42 Å².